The summed E-state index contributed by atoms with van der Waals surface area (Å²) in [5.41, 5.74) is 2.12. The number of ether oxygens (including phenoxy) is 2. The fourth-order valence-corrected chi connectivity index (χ4v) is 6.98. The number of hydrogen-bond donors (Lipinski definition) is 2. The average Bonchev–Trinajstić information content (AvgIpc) is 3.07. The largest absolute Gasteiger partial charge is 0.490 e. The molecule has 0 spiro atoms. The van der Waals surface area contributed by atoms with Crippen molar-refractivity contribution in [2.75, 3.05) is 18.5 Å². The van der Waals surface area contributed by atoms with Crippen molar-refractivity contribution >= 4 is 17.5 Å². The molecule has 0 radical (unpaired) electrons. The first kappa shape index (κ1) is 21.5. The van der Waals surface area contributed by atoms with Crippen LogP contribution in [0.1, 0.15) is 60.9 Å². The lowest BCUT2D eigenvalue weighted by molar-refractivity contribution is -0.146. The van der Waals surface area contributed by atoms with Crippen LogP contribution in [-0.2, 0) is 11.3 Å². The van der Waals surface area contributed by atoms with Crippen LogP contribution in [0.25, 0.3) is 0 Å². The minimum Gasteiger partial charge on any atom is -0.490 e. The minimum atomic E-state index is -0.182. The van der Waals surface area contributed by atoms with Gasteiger partial charge in [-0.05, 0) is 86.1 Å². The Morgan fingerprint density at radius 2 is 1.50 bits per heavy atom. The standard InChI is InChI=1S/C28H32N2O4/c31-26(30-23-6-7-24-25(13-23)34-9-1-8-33-24)22-4-2-18(3-5-22)17-29-27(32)28-14-19-10-20(15-28)12-21(11-19)16-28/h2-7,13,19-21H,1,8-12,14-17H2,(H,29,32)(H,30,31). The Bertz CT molecular complexity index is 1060. The summed E-state index contributed by atoms with van der Waals surface area (Å²) in [5, 5.41) is 6.14. The number of rotatable bonds is 5. The quantitative estimate of drug-likeness (QED) is 0.663. The van der Waals surface area contributed by atoms with Crippen molar-refractivity contribution in [3.63, 3.8) is 0 Å². The third-order valence-corrected chi connectivity index (χ3v) is 8.19. The van der Waals surface area contributed by atoms with E-state index in [9.17, 15) is 9.59 Å². The first-order valence-electron chi connectivity index (χ1n) is 12.6. The lowest BCUT2D eigenvalue weighted by Crippen LogP contribution is -2.53. The van der Waals surface area contributed by atoms with Crippen LogP contribution < -0.4 is 20.1 Å². The number of carbonyl (C=O) groups is 2. The van der Waals surface area contributed by atoms with Gasteiger partial charge in [-0.25, -0.2) is 0 Å². The molecule has 2 amide bonds. The summed E-state index contributed by atoms with van der Waals surface area (Å²) >= 11 is 0. The van der Waals surface area contributed by atoms with E-state index in [0.29, 0.717) is 42.5 Å². The maximum atomic E-state index is 13.2. The molecule has 5 aliphatic rings. The number of nitrogens with one attached hydrogen (secondary N) is 2. The molecule has 1 heterocycles. The molecule has 2 N–H and O–H groups in total. The van der Waals surface area contributed by atoms with Crippen molar-refractivity contribution in [2.45, 2.75) is 51.5 Å². The van der Waals surface area contributed by atoms with Gasteiger partial charge in [0.25, 0.3) is 5.91 Å². The molecule has 7 rings (SSSR count). The predicted molar refractivity (Wildman–Crippen MR) is 129 cm³/mol. The van der Waals surface area contributed by atoms with Gasteiger partial charge in [0.05, 0.1) is 13.2 Å². The van der Waals surface area contributed by atoms with Crippen LogP contribution >= 0.6 is 0 Å². The smallest absolute Gasteiger partial charge is 0.255 e. The molecular weight excluding hydrogens is 428 g/mol. The zero-order chi connectivity index (χ0) is 23.1. The third kappa shape index (κ3) is 4.15. The molecule has 4 fully saturated rings. The molecule has 178 valence electrons. The number of anilines is 1. The molecule has 2 aromatic rings. The highest BCUT2D eigenvalue weighted by atomic mass is 16.5. The van der Waals surface area contributed by atoms with Crippen LogP contribution in [-0.4, -0.2) is 25.0 Å². The van der Waals surface area contributed by atoms with Gasteiger partial charge in [0.1, 0.15) is 0 Å². The van der Waals surface area contributed by atoms with E-state index in [1.165, 1.54) is 19.3 Å². The predicted octanol–water partition coefficient (Wildman–Crippen LogP) is 4.93. The molecule has 0 saturated heterocycles. The van der Waals surface area contributed by atoms with Crippen molar-refractivity contribution in [3.8, 4) is 11.5 Å². The van der Waals surface area contributed by atoms with Gasteiger partial charge in [0.2, 0.25) is 5.91 Å². The van der Waals surface area contributed by atoms with Crippen LogP contribution in [0.3, 0.4) is 0 Å². The summed E-state index contributed by atoms with van der Waals surface area (Å²) in [4.78, 5) is 25.9. The Kier molecular flexibility index (Phi) is 5.47. The van der Waals surface area contributed by atoms with Crippen molar-refractivity contribution in [1.29, 1.82) is 0 Å². The van der Waals surface area contributed by atoms with Crippen molar-refractivity contribution < 1.29 is 19.1 Å². The Labute approximate surface area is 200 Å². The zero-order valence-electron chi connectivity index (χ0n) is 19.5. The second-order valence-electron chi connectivity index (χ2n) is 10.7. The van der Waals surface area contributed by atoms with Crippen LogP contribution in [0.5, 0.6) is 11.5 Å². The SMILES string of the molecule is O=C(Nc1ccc2c(c1)OCCCO2)c1ccc(CNC(=O)C23CC4CC(CC(C4)C2)C3)cc1. The lowest BCUT2D eigenvalue weighted by atomic mass is 9.49. The van der Waals surface area contributed by atoms with Gasteiger partial charge in [-0.2, -0.15) is 0 Å². The van der Waals surface area contributed by atoms with E-state index in [0.717, 1.165) is 49.0 Å². The second-order valence-corrected chi connectivity index (χ2v) is 10.7. The van der Waals surface area contributed by atoms with Crippen molar-refractivity contribution in [1.82, 2.24) is 5.32 Å². The summed E-state index contributed by atoms with van der Waals surface area (Å²) in [5.74, 6) is 3.69. The highest BCUT2D eigenvalue weighted by molar-refractivity contribution is 6.04. The summed E-state index contributed by atoms with van der Waals surface area (Å²) in [7, 11) is 0. The Balaban J connectivity index is 1.06. The average molecular weight is 461 g/mol. The number of hydrogen-bond acceptors (Lipinski definition) is 4. The van der Waals surface area contributed by atoms with E-state index in [2.05, 4.69) is 10.6 Å². The second kappa shape index (κ2) is 8.64. The van der Waals surface area contributed by atoms with E-state index < -0.39 is 0 Å². The fourth-order valence-electron chi connectivity index (χ4n) is 6.98. The summed E-state index contributed by atoms with van der Waals surface area (Å²) < 4.78 is 11.4. The lowest BCUT2D eigenvalue weighted by Gasteiger charge is -2.55. The van der Waals surface area contributed by atoms with E-state index >= 15 is 0 Å². The molecule has 4 aliphatic carbocycles. The van der Waals surface area contributed by atoms with Gasteiger partial charge < -0.3 is 20.1 Å². The zero-order valence-corrected chi connectivity index (χ0v) is 19.5. The molecule has 6 heteroatoms. The van der Waals surface area contributed by atoms with E-state index in [1.54, 1.807) is 6.07 Å². The van der Waals surface area contributed by atoms with Crippen LogP contribution in [0.4, 0.5) is 5.69 Å². The molecule has 1 aliphatic heterocycles. The summed E-state index contributed by atoms with van der Waals surface area (Å²) in [6.45, 7) is 1.74. The number of fused-ring (bicyclic) bond motifs is 1. The third-order valence-electron chi connectivity index (χ3n) is 8.19. The van der Waals surface area contributed by atoms with Gasteiger partial charge in [-0.3, -0.25) is 9.59 Å². The van der Waals surface area contributed by atoms with Gasteiger partial charge in [-0.15, -0.1) is 0 Å². The first-order chi connectivity index (χ1) is 16.6. The maximum Gasteiger partial charge on any atom is 0.255 e. The van der Waals surface area contributed by atoms with Crippen molar-refractivity contribution in [3.05, 3.63) is 53.6 Å². The molecule has 6 nitrogen and oxygen atoms in total. The molecule has 4 bridgehead atoms. The van der Waals surface area contributed by atoms with Gasteiger partial charge in [-0.1, -0.05) is 12.1 Å². The van der Waals surface area contributed by atoms with Gasteiger partial charge in [0, 0.05) is 35.7 Å². The number of amides is 2. The summed E-state index contributed by atoms with van der Waals surface area (Å²) in [6, 6.07) is 12.9. The molecule has 0 unspecified atom stereocenters. The van der Waals surface area contributed by atoms with Crippen LogP contribution in [0.15, 0.2) is 42.5 Å². The molecule has 34 heavy (non-hydrogen) atoms. The maximum absolute atomic E-state index is 13.2. The highest BCUT2D eigenvalue weighted by Gasteiger charge is 2.54. The summed E-state index contributed by atoms with van der Waals surface area (Å²) in [6.07, 6.45) is 8.07. The van der Waals surface area contributed by atoms with Crippen LogP contribution in [0.2, 0.25) is 0 Å². The molecule has 0 atom stereocenters. The van der Waals surface area contributed by atoms with Gasteiger partial charge in [0.15, 0.2) is 11.5 Å². The molecular formula is C28H32N2O4. The first-order valence-corrected chi connectivity index (χ1v) is 12.6. The topological polar surface area (TPSA) is 76.7 Å². The van der Waals surface area contributed by atoms with E-state index in [1.807, 2.05) is 36.4 Å². The van der Waals surface area contributed by atoms with Gasteiger partial charge >= 0.3 is 0 Å². The van der Waals surface area contributed by atoms with Crippen LogP contribution in [0, 0.1) is 23.2 Å². The highest BCUT2D eigenvalue weighted by Crippen LogP contribution is 2.60. The molecule has 4 saturated carbocycles. The Morgan fingerprint density at radius 3 is 2.18 bits per heavy atom. The normalized spacial score (nSPS) is 28.8. The number of benzene rings is 2. The minimum absolute atomic E-state index is 0.128. The fraction of sp³-hybridized carbons (Fsp3) is 0.500. The molecule has 0 aromatic heterocycles. The van der Waals surface area contributed by atoms with Crippen molar-refractivity contribution in [2.24, 2.45) is 23.2 Å². The van der Waals surface area contributed by atoms with E-state index in [-0.39, 0.29) is 17.2 Å². The monoisotopic (exact) mass is 460 g/mol. The molecule has 2 aromatic carbocycles. The number of carbonyl (C=O) groups excluding carboxylic acids is 2. The van der Waals surface area contributed by atoms with E-state index in [4.69, 9.17) is 9.47 Å². The Hall–Kier alpha value is -3.02. The Morgan fingerprint density at radius 1 is 0.853 bits per heavy atom.